The summed E-state index contributed by atoms with van der Waals surface area (Å²) in [7, 11) is 1.85. The molecule has 24 heavy (non-hydrogen) atoms. The van der Waals surface area contributed by atoms with Gasteiger partial charge in [0, 0.05) is 18.5 Å². The van der Waals surface area contributed by atoms with Gasteiger partial charge in [-0.2, -0.15) is 0 Å². The number of benzene rings is 1. The number of nitrogens with zero attached hydrogens (tertiary/aromatic N) is 1. The maximum Gasteiger partial charge on any atom is 0.226 e. The van der Waals surface area contributed by atoms with Gasteiger partial charge in [0.05, 0.1) is 12.1 Å². The highest BCUT2D eigenvalue weighted by molar-refractivity contribution is 7.09. The van der Waals surface area contributed by atoms with E-state index in [0.29, 0.717) is 19.6 Å². The molecule has 1 amide bonds. The Morgan fingerprint density at radius 1 is 1.21 bits per heavy atom. The van der Waals surface area contributed by atoms with Gasteiger partial charge in [-0.15, -0.1) is 36.2 Å². The standard InChI is InChI=1S/C16H21N3O2S.2ClH/c1-12-3-5-14(6-4-12)21-10-16-19-13(11-22-16)9-15(20)18-8-7-17-2;;/h3-6,11,17H,7-10H2,1-2H3,(H,18,20);2*1H. The van der Waals surface area contributed by atoms with E-state index in [1.54, 1.807) is 0 Å². The van der Waals surface area contributed by atoms with Gasteiger partial charge in [-0.3, -0.25) is 4.79 Å². The summed E-state index contributed by atoms with van der Waals surface area (Å²) < 4.78 is 5.68. The summed E-state index contributed by atoms with van der Waals surface area (Å²) in [6.07, 6.45) is 0.310. The molecule has 5 nitrogen and oxygen atoms in total. The van der Waals surface area contributed by atoms with Crippen molar-refractivity contribution in [1.82, 2.24) is 15.6 Å². The number of thiazole rings is 1. The third-order valence-electron chi connectivity index (χ3n) is 3.02. The van der Waals surface area contributed by atoms with Crippen LogP contribution < -0.4 is 15.4 Å². The normalized spacial score (nSPS) is 9.58. The number of halogens is 2. The van der Waals surface area contributed by atoms with Crippen LogP contribution in [0.25, 0.3) is 0 Å². The van der Waals surface area contributed by atoms with E-state index in [1.165, 1.54) is 16.9 Å². The predicted molar refractivity (Wildman–Crippen MR) is 103 cm³/mol. The van der Waals surface area contributed by atoms with Crippen LogP contribution in [-0.2, 0) is 17.8 Å². The Kier molecular flexibility index (Phi) is 11.4. The van der Waals surface area contributed by atoms with Crippen LogP contribution in [0.15, 0.2) is 29.6 Å². The van der Waals surface area contributed by atoms with Crippen molar-refractivity contribution in [3.63, 3.8) is 0 Å². The molecule has 0 aliphatic heterocycles. The minimum atomic E-state index is -0.00782. The number of carbonyl (C=O) groups is 1. The summed E-state index contributed by atoms with van der Waals surface area (Å²) in [5.74, 6) is 0.818. The van der Waals surface area contributed by atoms with Gasteiger partial charge in [0.15, 0.2) is 0 Å². The fraction of sp³-hybridized carbons (Fsp3) is 0.375. The molecule has 0 bridgehead atoms. The minimum Gasteiger partial charge on any atom is -0.486 e. The van der Waals surface area contributed by atoms with Crippen molar-refractivity contribution in [2.45, 2.75) is 20.0 Å². The number of carbonyl (C=O) groups excluding carboxylic acids is 1. The fourth-order valence-corrected chi connectivity index (χ4v) is 2.53. The second-order valence-corrected chi connectivity index (χ2v) is 5.91. The molecule has 0 unspecified atom stereocenters. The van der Waals surface area contributed by atoms with Gasteiger partial charge in [-0.25, -0.2) is 4.98 Å². The Hall–Kier alpha value is -1.34. The van der Waals surface area contributed by atoms with E-state index in [0.717, 1.165) is 23.0 Å². The molecule has 0 saturated heterocycles. The van der Waals surface area contributed by atoms with Crippen LogP contribution in [0.2, 0.25) is 0 Å². The Morgan fingerprint density at radius 2 is 1.92 bits per heavy atom. The van der Waals surface area contributed by atoms with Crippen LogP contribution in [0.4, 0.5) is 0 Å². The lowest BCUT2D eigenvalue weighted by Crippen LogP contribution is -2.31. The van der Waals surface area contributed by atoms with Crippen LogP contribution in [0, 0.1) is 6.92 Å². The predicted octanol–water partition coefficient (Wildman–Crippen LogP) is 2.75. The lowest BCUT2D eigenvalue weighted by Gasteiger charge is -2.04. The van der Waals surface area contributed by atoms with Crippen molar-refractivity contribution in [2.75, 3.05) is 20.1 Å². The molecule has 0 aliphatic rings. The highest BCUT2D eigenvalue weighted by Crippen LogP contribution is 2.16. The first kappa shape index (κ1) is 22.7. The van der Waals surface area contributed by atoms with E-state index >= 15 is 0 Å². The van der Waals surface area contributed by atoms with Crippen molar-refractivity contribution in [3.8, 4) is 5.75 Å². The summed E-state index contributed by atoms with van der Waals surface area (Å²) in [5.41, 5.74) is 1.99. The van der Waals surface area contributed by atoms with Crippen LogP contribution >= 0.6 is 36.2 Å². The summed E-state index contributed by atoms with van der Waals surface area (Å²) in [5, 5.41) is 8.60. The lowest BCUT2D eigenvalue weighted by molar-refractivity contribution is -0.120. The van der Waals surface area contributed by atoms with Crippen LogP contribution in [0.5, 0.6) is 5.75 Å². The van der Waals surface area contributed by atoms with E-state index in [2.05, 4.69) is 15.6 Å². The maximum atomic E-state index is 11.7. The van der Waals surface area contributed by atoms with Gasteiger partial charge in [-0.1, -0.05) is 17.7 Å². The molecule has 0 spiro atoms. The van der Waals surface area contributed by atoms with Crippen molar-refractivity contribution in [2.24, 2.45) is 0 Å². The average molecular weight is 392 g/mol. The van der Waals surface area contributed by atoms with Gasteiger partial charge in [0.2, 0.25) is 5.91 Å². The number of rotatable bonds is 8. The molecule has 2 rings (SSSR count). The topological polar surface area (TPSA) is 63.2 Å². The smallest absolute Gasteiger partial charge is 0.226 e. The maximum absolute atomic E-state index is 11.7. The fourth-order valence-electron chi connectivity index (χ4n) is 1.83. The first-order chi connectivity index (χ1) is 10.7. The number of nitrogens with one attached hydrogen (secondary N) is 2. The molecule has 2 aromatic rings. The summed E-state index contributed by atoms with van der Waals surface area (Å²) in [6.45, 7) is 3.86. The van der Waals surface area contributed by atoms with Crippen LogP contribution in [0.1, 0.15) is 16.3 Å². The number of amides is 1. The zero-order chi connectivity index (χ0) is 15.8. The third-order valence-corrected chi connectivity index (χ3v) is 3.89. The van der Waals surface area contributed by atoms with Gasteiger partial charge >= 0.3 is 0 Å². The molecular formula is C16H23Cl2N3O2S. The second-order valence-electron chi connectivity index (χ2n) is 4.96. The van der Waals surface area contributed by atoms with E-state index in [9.17, 15) is 4.79 Å². The molecule has 2 N–H and O–H groups in total. The van der Waals surface area contributed by atoms with Gasteiger partial charge < -0.3 is 15.4 Å². The van der Waals surface area contributed by atoms with Crippen molar-refractivity contribution in [3.05, 3.63) is 45.9 Å². The second kappa shape index (κ2) is 12.1. The van der Waals surface area contributed by atoms with Crippen molar-refractivity contribution in [1.29, 1.82) is 0 Å². The number of aryl methyl sites for hydroxylation is 1. The molecule has 0 saturated carbocycles. The van der Waals surface area contributed by atoms with E-state index < -0.39 is 0 Å². The molecule has 1 heterocycles. The number of ether oxygens (including phenoxy) is 1. The molecule has 8 heteroatoms. The molecule has 0 fully saturated rings. The van der Waals surface area contributed by atoms with Crippen molar-refractivity contribution >= 4 is 42.1 Å². The van der Waals surface area contributed by atoms with Gasteiger partial charge in [0.25, 0.3) is 0 Å². The Morgan fingerprint density at radius 3 is 2.58 bits per heavy atom. The number of aromatic nitrogens is 1. The zero-order valence-electron chi connectivity index (χ0n) is 13.7. The molecule has 0 aliphatic carbocycles. The van der Waals surface area contributed by atoms with Gasteiger partial charge in [0.1, 0.15) is 17.4 Å². The zero-order valence-corrected chi connectivity index (χ0v) is 16.2. The first-order valence-corrected chi connectivity index (χ1v) is 8.09. The van der Waals surface area contributed by atoms with E-state index in [4.69, 9.17) is 4.74 Å². The summed E-state index contributed by atoms with van der Waals surface area (Å²) >= 11 is 1.51. The number of hydrogen-bond acceptors (Lipinski definition) is 5. The minimum absolute atomic E-state index is 0. The van der Waals surface area contributed by atoms with E-state index in [1.807, 2.05) is 43.6 Å². The molecule has 0 atom stereocenters. The Balaban J connectivity index is 0.00000264. The summed E-state index contributed by atoms with van der Waals surface area (Å²) in [6, 6.07) is 7.91. The lowest BCUT2D eigenvalue weighted by atomic mass is 10.2. The number of hydrogen-bond donors (Lipinski definition) is 2. The SMILES string of the molecule is CNCCNC(=O)Cc1csc(COc2ccc(C)cc2)n1.Cl.Cl. The first-order valence-electron chi connectivity index (χ1n) is 7.21. The van der Waals surface area contributed by atoms with E-state index in [-0.39, 0.29) is 30.7 Å². The Bertz CT molecular complexity index is 606. The van der Waals surface area contributed by atoms with Crippen LogP contribution in [0.3, 0.4) is 0 Å². The molecule has 134 valence electrons. The third kappa shape index (κ3) is 7.97. The molecule has 1 aromatic carbocycles. The number of likely N-dealkylation sites (N-methyl/N-ethyl adjacent to an activating group) is 1. The van der Waals surface area contributed by atoms with Crippen LogP contribution in [-0.4, -0.2) is 31.0 Å². The highest BCUT2D eigenvalue weighted by Gasteiger charge is 2.08. The molecule has 0 radical (unpaired) electrons. The molecule has 1 aromatic heterocycles. The molecular weight excluding hydrogens is 369 g/mol. The largest absolute Gasteiger partial charge is 0.486 e. The average Bonchev–Trinajstić information content (AvgIpc) is 2.94. The highest BCUT2D eigenvalue weighted by atomic mass is 35.5. The van der Waals surface area contributed by atoms with Crippen molar-refractivity contribution < 1.29 is 9.53 Å². The van der Waals surface area contributed by atoms with Gasteiger partial charge in [-0.05, 0) is 26.1 Å². The monoisotopic (exact) mass is 391 g/mol. The Labute approximate surface area is 159 Å². The summed E-state index contributed by atoms with van der Waals surface area (Å²) in [4.78, 5) is 16.1. The quantitative estimate of drug-likeness (QED) is 0.679.